The maximum atomic E-state index is 5.88. The molecule has 0 saturated carbocycles. The van der Waals surface area contributed by atoms with E-state index in [-0.39, 0.29) is 0 Å². The molecule has 1 N–H and O–H groups in total. The lowest BCUT2D eigenvalue weighted by Crippen LogP contribution is -2.25. The van der Waals surface area contributed by atoms with Gasteiger partial charge in [0, 0.05) is 31.1 Å². The first-order valence-electron chi connectivity index (χ1n) is 8.11. The second-order valence-corrected chi connectivity index (χ2v) is 5.83. The Morgan fingerprint density at radius 2 is 2.32 bits per heavy atom. The quantitative estimate of drug-likeness (QED) is 0.922. The van der Waals surface area contributed by atoms with Gasteiger partial charge in [-0.25, -0.2) is 0 Å². The number of benzene rings is 1. The number of hydrogen-bond donors (Lipinski definition) is 1. The van der Waals surface area contributed by atoms with E-state index in [1.54, 1.807) is 0 Å². The molecule has 1 atom stereocenters. The fraction of sp³-hybridized carbons (Fsp3) is 0.529. The van der Waals surface area contributed by atoms with E-state index in [1.165, 1.54) is 11.1 Å². The van der Waals surface area contributed by atoms with Crippen LogP contribution in [0.15, 0.2) is 24.5 Å². The molecule has 0 fully saturated rings. The van der Waals surface area contributed by atoms with E-state index in [1.807, 2.05) is 6.33 Å². The lowest BCUT2D eigenvalue weighted by Gasteiger charge is -2.19. The first kappa shape index (κ1) is 15.0. The van der Waals surface area contributed by atoms with Crippen molar-refractivity contribution in [1.82, 2.24) is 20.1 Å². The predicted molar refractivity (Wildman–Crippen MR) is 86.1 cm³/mol. The Labute approximate surface area is 131 Å². The molecule has 0 bridgehead atoms. The average Bonchev–Trinajstić information content (AvgIpc) is 2.88. The Balaban J connectivity index is 1.65. The summed E-state index contributed by atoms with van der Waals surface area (Å²) in [7, 11) is 0. The highest BCUT2D eigenvalue weighted by atomic mass is 16.5. The zero-order valence-corrected chi connectivity index (χ0v) is 13.4. The summed E-state index contributed by atoms with van der Waals surface area (Å²) in [5, 5.41) is 11.8. The number of hydrogen-bond acceptors (Lipinski definition) is 4. The maximum absolute atomic E-state index is 5.88. The van der Waals surface area contributed by atoms with Crippen LogP contribution in [0.5, 0.6) is 5.75 Å². The minimum Gasteiger partial charge on any atom is -0.493 e. The smallest absolute Gasteiger partial charge is 0.132 e. The highest BCUT2D eigenvalue weighted by molar-refractivity contribution is 5.39. The SMILES string of the molecule is CCc1nncn1CCN[C@H]1CCCOc2cc(C)ccc21. The van der Waals surface area contributed by atoms with Crippen LogP contribution >= 0.6 is 0 Å². The molecular formula is C17H24N4O. The van der Waals surface area contributed by atoms with Gasteiger partial charge in [-0.1, -0.05) is 19.1 Å². The first-order valence-corrected chi connectivity index (χ1v) is 8.11. The van der Waals surface area contributed by atoms with Gasteiger partial charge in [-0.2, -0.15) is 0 Å². The summed E-state index contributed by atoms with van der Waals surface area (Å²) in [5.74, 6) is 2.08. The van der Waals surface area contributed by atoms with Crippen molar-refractivity contribution in [2.75, 3.05) is 13.2 Å². The number of aryl methyl sites for hydroxylation is 2. The van der Waals surface area contributed by atoms with E-state index in [0.29, 0.717) is 6.04 Å². The Hall–Kier alpha value is -1.88. The molecule has 1 aromatic carbocycles. The van der Waals surface area contributed by atoms with E-state index < -0.39 is 0 Å². The summed E-state index contributed by atoms with van der Waals surface area (Å²) in [6.07, 6.45) is 4.92. The normalized spacial score (nSPS) is 17.6. The van der Waals surface area contributed by atoms with Gasteiger partial charge < -0.3 is 14.6 Å². The number of nitrogens with zero attached hydrogens (tertiary/aromatic N) is 3. The molecule has 0 amide bonds. The number of rotatable bonds is 5. The molecular weight excluding hydrogens is 276 g/mol. The minimum absolute atomic E-state index is 0.361. The largest absolute Gasteiger partial charge is 0.493 e. The molecule has 0 unspecified atom stereocenters. The van der Waals surface area contributed by atoms with Crippen molar-refractivity contribution in [3.63, 3.8) is 0 Å². The summed E-state index contributed by atoms with van der Waals surface area (Å²) < 4.78 is 8.00. The van der Waals surface area contributed by atoms with Gasteiger partial charge in [-0.05, 0) is 31.4 Å². The molecule has 2 heterocycles. The Morgan fingerprint density at radius 1 is 1.41 bits per heavy atom. The van der Waals surface area contributed by atoms with Crippen LogP contribution in [-0.4, -0.2) is 27.9 Å². The lowest BCUT2D eigenvalue weighted by atomic mass is 10.0. The standard InChI is InChI=1S/C17H24N4O/c1-3-17-20-19-12-21(17)9-8-18-15-5-4-10-22-16-11-13(2)6-7-14(15)16/h6-7,11-12,15,18H,3-5,8-10H2,1-2H3/t15-/m0/s1. The number of ether oxygens (including phenoxy) is 1. The summed E-state index contributed by atoms with van der Waals surface area (Å²) >= 11 is 0. The minimum atomic E-state index is 0.361. The fourth-order valence-electron chi connectivity index (χ4n) is 2.99. The first-order chi connectivity index (χ1) is 10.8. The van der Waals surface area contributed by atoms with Crippen molar-refractivity contribution in [2.24, 2.45) is 0 Å². The molecule has 22 heavy (non-hydrogen) atoms. The van der Waals surface area contributed by atoms with Crippen LogP contribution in [0.2, 0.25) is 0 Å². The molecule has 1 aliphatic rings. The van der Waals surface area contributed by atoms with Gasteiger partial charge in [-0.3, -0.25) is 0 Å². The lowest BCUT2D eigenvalue weighted by molar-refractivity contribution is 0.315. The van der Waals surface area contributed by atoms with Crippen molar-refractivity contribution in [3.05, 3.63) is 41.5 Å². The third-order valence-corrected chi connectivity index (χ3v) is 4.19. The van der Waals surface area contributed by atoms with Crippen LogP contribution in [0.25, 0.3) is 0 Å². The molecule has 0 spiro atoms. The molecule has 118 valence electrons. The Bertz CT molecular complexity index is 623. The maximum Gasteiger partial charge on any atom is 0.132 e. The van der Waals surface area contributed by atoms with Crippen LogP contribution in [0.3, 0.4) is 0 Å². The van der Waals surface area contributed by atoms with E-state index in [0.717, 1.165) is 50.5 Å². The van der Waals surface area contributed by atoms with Gasteiger partial charge >= 0.3 is 0 Å². The van der Waals surface area contributed by atoms with E-state index in [4.69, 9.17) is 4.74 Å². The molecule has 5 heteroatoms. The van der Waals surface area contributed by atoms with Gasteiger partial charge in [0.1, 0.15) is 17.9 Å². The summed E-state index contributed by atoms with van der Waals surface area (Å²) in [4.78, 5) is 0. The highest BCUT2D eigenvalue weighted by Gasteiger charge is 2.19. The molecule has 1 aliphatic heterocycles. The average molecular weight is 300 g/mol. The van der Waals surface area contributed by atoms with Crippen LogP contribution in [0.1, 0.15) is 42.8 Å². The van der Waals surface area contributed by atoms with Crippen LogP contribution < -0.4 is 10.1 Å². The molecule has 0 radical (unpaired) electrons. The highest BCUT2D eigenvalue weighted by Crippen LogP contribution is 2.32. The fourth-order valence-corrected chi connectivity index (χ4v) is 2.99. The summed E-state index contributed by atoms with van der Waals surface area (Å²) in [6, 6.07) is 6.87. The molecule has 2 aromatic rings. The van der Waals surface area contributed by atoms with Crippen molar-refractivity contribution >= 4 is 0 Å². The molecule has 0 aliphatic carbocycles. The van der Waals surface area contributed by atoms with Crippen molar-refractivity contribution in [2.45, 2.75) is 45.7 Å². The van der Waals surface area contributed by atoms with Gasteiger partial charge in [-0.15, -0.1) is 10.2 Å². The summed E-state index contributed by atoms with van der Waals surface area (Å²) in [6.45, 7) is 6.82. The van der Waals surface area contributed by atoms with Crippen LogP contribution in [-0.2, 0) is 13.0 Å². The zero-order chi connectivity index (χ0) is 15.4. The predicted octanol–water partition coefficient (Wildman–Crippen LogP) is 2.65. The number of fused-ring (bicyclic) bond motifs is 1. The third-order valence-electron chi connectivity index (χ3n) is 4.19. The van der Waals surface area contributed by atoms with Crippen LogP contribution in [0, 0.1) is 6.92 Å². The monoisotopic (exact) mass is 300 g/mol. The van der Waals surface area contributed by atoms with Crippen molar-refractivity contribution in [3.8, 4) is 5.75 Å². The van der Waals surface area contributed by atoms with Gasteiger partial charge in [0.25, 0.3) is 0 Å². The van der Waals surface area contributed by atoms with Crippen LogP contribution in [0.4, 0.5) is 0 Å². The Kier molecular flexibility index (Phi) is 4.73. The number of aromatic nitrogens is 3. The zero-order valence-electron chi connectivity index (χ0n) is 13.4. The molecule has 1 aromatic heterocycles. The van der Waals surface area contributed by atoms with Crippen molar-refractivity contribution in [1.29, 1.82) is 0 Å². The second kappa shape index (κ2) is 6.92. The van der Waals surface area contributed by atoms with Gasteiger partial charge in [0.05, 0.1) is 6.61 Å². The van der Waals surface area contributed by atoms with Gasteiger partial charge in [0.2, 0.25) is 0 Å². The van der Waals surface area contributed by atoms with Gasteiger partial charge in [0.15, 0.2) is 0 Å². The van der Waals surface area contributed by atoms with E-state index >= 15 is 0 Å². The number of nitrogens with one attached hydrogen (secondary N) is 1. The van der Waals surface area contributed by atoms with E-state index in [2.05, 4.69) is 52.1 Å². The topological polar surface area (TPSA) is 52.0 Å². The van der Waals surface area contributed by atoms with E-state index in [9.17, 15) is 0 Å². The molecule has 0 saturated heterocycles. The second-order valence-electron chi connectivity index (χ2n) is 5.83. The van der Waals surface area contributed by atoms with Crippen molar-refractivity contribution < 1.29 is 4.74 Å². The Morgan fingerprint density at radius 3 is 3.18 bits per heavy atom. The third kappa shape index (κ3) is 3.30. The molecule has 3 rings (SSSR count). The molecule has 5 nitrogen and oxygen atoms in total. The summed E-state index contributed by atoms with van der Waals surface area (Å²) in [5.41, 5.74) is 2.53.